The van der Waals surface area contributed by atoms with Gasteiger partial charge in [-0.1, -0.05) is 0 Å². The van der Waals surface area contributed by atoms with E-state index in [1.165, 1.54) is 6.92 Å². The van der Waals surface area contributed by atoms with Gasteiger partial charge in [-0.25, -0.2) is 4.79 Å². The van der Waals surface area contributed by atoms with Crippen LogP contribution in [0, 0.1) is 0 Å². The molecule has 4 atom stereocenters. The number of aliphatic hydroxyl groups is 1. The lowest BCUT2D eigenvalue weighted by Gasteiger charge is -2.22. The first-order chi connectivity index (χ1) is 13.4. The third-order valence-electron chi connectivity index (χ3n) is 3.59. The number of hydrogen-bond donors (Lipinski definition) is 8. The van der Waals surface area contributed by atoms with Crippen LogP contribution in [0.1, 0.15) is 26.2 Å². The molecule has 0 bridgehead atoms. The number of carbonyl (C=O) groups excluding carboxylic acids is 4. The van der Waals surface area contributed by atoms with Crippen molar-refractivity contribution in [2.45, 2.75) is 50.4 Å². The minimum Gasteiger partial charge on any atom is -0.481 e. The third kappa shape index (κ3) is 10.0. The quantitative estimate of drug-likeness (QED) is 0.142. The summed E-state index contributed by atoms with van der Waals surface area (Å²) >= 11 is 0. The molecule has 164 valence electrons. The number of aliphatic hydroxyl groups excluding tert-OH is 1. The van der Waals surface area contributed by atoms with Crippen molar-refractivity contribution in [2.24, 2.45) is 11.5 Å². The highest BCUT2D eigenvalue weighted by atomic mass is 16.4. The molecule has 29 heavy (non-hydrogen) atoms. The number of rotatable bonds is 13. The number of primary amides is 1. The molecule has 0 saturated heterocycles. The van der Waals surface area contributed by atoms with E-state index in [9.17, 15) is 28.8 Å². The van der Waals surface area contributed by atoms with Crippen molar-refractivity contribution < 1.29 is 44.1 Å². The number of carboxylic acids is 2. The predicted molar refractivity (Wildman–Crippen MR) is 94.8 cm³/mol. The third-order valence-corrected chi connectivity index (χ3v) is 3.59. The Balaban J connectivity index is 5.08. The van der Waals surface area contributed by atoms with Crippen molar-refractivity contribution in [3.8, 4) is 0 Å². The van der Waals surface area contributed by atoms with Crippen LogP contribution in [0.2, 0.25) is 0 Å². The van der Waals surface area contributed by atoms with Gasteiger partial charge in [0.05, 0.1) is 19.1 Å². The zero-order valence-electron chi connectivity index (χ0n) is 15.6. The Morgan fingerprint density at radius 1 is 0.897 bits per heavy atom. The molecule has 0 radical (unpaired) electrons. The minimum atomic E-state index is -1.58. The first kappa shape index (κ1) is 25.7. The molecule has 0 heterocycles. The number of amides is 4. The zero-order chi connectivity index (χ0) is 22.7. The van der Waals surface area contributed by atoms with E-state index in [4.69, 9.17) is 26.8 Å². The Kier molecular flexibility index (Phi) is 10.9. The summed E-state index contributed by atoms with van der Waals surface area (Å²) in [6, 6.07) is -5.67. The van der Waals surface area contributed by atoms with Gasteiger partial charge in [-0.15, -0.1) is 0 Å². The molecule has 0 aromatic rings. The van der Waals surface area contributed by atoms with Gasteiger partial charge in [0.1, 0.15) is 18.1 Å². The van der Waals surface area contributed by atoms with Crippen LogP contribution < -0.4 is 27.4 Å². The van der Waals surface area contributed by atoms with E-state index in [1.807, 2.05) is 5.32 Å². The zero-order valence-corrected chi connectivity index (χ0v) is 15.6. The molecular weight excluding hydrogens is 394 g/mol. The lowest BCUT2D eigenvalue weighted by molar-refractivity contribution is -0.143. The second-order valence-corrected chi connectivity index (χ2v) is 6.08. The maximum Gasteiger partial charge on any atom is 0.328 e. The summed E-state index contributed by atoms with van der Waals surface area (Å²) in [5.41, 5.74) is 10.4. The van der Waals surface area contributed by atoms with Crippen LogP contribution in [0.25, 0.3) is 0 Å². The van der Waals surface area contributed by atoms with Crippen LogP contribution in [0.5, 0.6) is 0 Å². The van der Waals surface area contributed by atoms with Crippen molar-refractivity contribution in [1.82, 2.24) is 16.0 Å². The van der Waals surface area contributed by atoms with Crippen molar-refractivity contribution in [1.29, 1.82) is 0 Å². The van der Waals surface area contributed by atoms with Crippen LogP contribution in [-0.2, 0) is 28.8 Å². The molecule has 0 saturated carbocycles. The molecule has 0 aliphatic rings. The Bertz CT molecular complexity index is 654. The Hall–Kier alpha value is -3.26. The van der Waals surface area contributed by atoms with Crippen molar-refractivity contribution >= 4 is 35.6 Å². The maximum absolute atomic E-state index is 12.4. The number of nitrogens with one attached hydrogen (secondary N) is 3. The van der Waals surface area contributed by atoms with Gasteiger partial charge in [-0.05, 0) is 13.3 Å². The largest absolute Gasteiger partial charge is 0.481 e. The number of carboxylic acid groups (broad SMARTS) is 2. The van der Waals surface area contributed by atoms with Gasteiger partial charge in [0, 0.05) is 6.42 Å². The van der Waals surface area contributed by atoms with Crippen molar-refractivity contribution in [3.05, 3.63) is 0 Å². The Morgan fingerprint density at radius 2 is 1.45 bits per heavy atom. The van der Waals surface area contributed by atoms with Crippen LogP contribution in [0.15, 0.2) is 0 Å². The van der Waals surface area contributed by atoms with Crippen molar-refractivity contribution in [3.63, 3.8) is 0 Å². The summed E-state index contributed by atoms with van der Waals surface area (Å²) in [6.45, 7) is 0.340. The Morgan fingerprint density at radius 3 is 1.90 bits per heavy atom. The molecule has 0 aliphatic carbocycles. The number of hydrogen-bond acceptors (Lipinski definition) is 8. The fourth-order valence-corrected chi connectivity index (χ4v) is 1.98. The van der Waals surface area contributed by atoms with Crippen LogP contribution in [-0.4, -0.2) is 81.7 Å². The van der Waals surface area contributed by atoms with Gasteiger partial charge in [0.15, 0.2) is 0 Å². The highest BCUT2D eigenvalue weighted by Crippen LogP contribution is 2.01. The fraction of sp³-hybridized carbons (Fsp3) is 0.600. The SMILES string of the molecule is CC(NC(=O)C(CCC(N)=O)NC(=O)C(N)CC(=O)O)C(=O)NC(CO)C(=O)O. The van der Waals surface area contributed by atoms with Crippen LogP contribution >= 0.6 is 0 Å². The number of aliphatic carboxylic acids is 2. The average molecular weight is 419 g/mol. The van der Waals surface area contributed by atoms with E-state index < -0.39 is 72.8 Å². The smallest absolute Gasteiger partial charge is 0.328 e. The normalized spacial score (nSPS) is 14.6. The summed E-state index contributed by atoms with van der Waals surface area (Å²) in [5.74, 6) is -6.42. The van der Waals surface area contributed by atoms with E-state index in [0.717, 1.165) is 0 Å². The lowest BCUT2D eigenvalue weighted by Crippen LogP contribution is -2.56. The van der Waals surface area contributed by atoms with E-state index in [2.05, 4.69) is 10.6 Å². The average Bonchev–Trinajstić information content (AvgIpc) is 2.61. The van der Waals surface area contributed by atoms with Crippen LogP contribution in [0.4, 0.5) is 0 Å². The molecule has 0 rings (SSSR count). The van der Waals surface area contributed by atoms with Gasteiger partial charge in [-0.2, -0.15) is 0 Å². The molecule has 0 aromatic heterocycles. The monoisotopic (exact) mass is 419 g/mol. The molecule has 4 amide bonds. The van der Waals surface area contributed by atoms with Gasteiger partial charge >= 0.3 is 11.9 Å². The summed E-state index contributed by atoms with van der Waals surface area (Å²) in [6.07, 6.45) is -1.26. The fourth-order valence-electron chi connectivity index (χ4n) is 1.98. The predicted octanol–water partition coefficient (Wildman–Crippen LogP) is -4.39. The first-order valence-corrected chi connectivity index (χ1v) is 8.39. The number of nitrogens with two attached hydrogens (primary N) is 2. The second-order valence-electron chi connectivity index (χ2n) is 6.08. The number of carbonyl (C=O) groups is 6. The van der Waals surface area contributed by atoms with Crippen molar-refractivity contribution in [2.75, 3.05) is 6.61 Å². The molecule has 4 unspecified atom stereocenters. The molecule has 14 nitrogen and oxygen atoms in total. The molecule has 0 spiro atoms. The van der Waals surface area contributed by atoms with E-state index >= 15 is 0 Å². The first-order valence-electron chi connectivity index (χ1n) is 8.39. The highest BCUT2D eigenvalue weighted by Gasteiger charge is 2.28. The summed E-state index contributed by atoms with van der Waals surface area (Å²) in [4.78, 5) is 68.7. The minimum absolute atomic E-state index is 0.255. The molecule has 0 fully saturated rings. The topological polar surface area (TPSA) is 251 Å². The molecule has 0 aliphatic heterocycles. The van der Waals surface area contributed by atoms with Crippen LogP contribution in [0.3, 0.4) is 0 Å². The second kappa shape index (κ2) is 12.2. The van der Waals surface area contributed by atoms with Gasteiger partial charge < -0.3 is 42.7 Å². The highest BCUT2D eigenvalue weighted by molar-refractivity contribution is 5.94. The Labute approximate surface area is 165 Å². The lowest BCUT2D eigenvalue weighted by atomic mass is 10.1. The standard InChI is InChI=1S/C15H25N5O9/c1-6(12(25)20-9(5-21)15(28)29)18-14(27)8(2-3-10(17)22)19-13(26)7(16)4-11(23)24/h6-9,21H,2-5,16H2,1H3,(H2,17,22)(H,18,27)(H,19,26)(H,20,25)(H,23,24)(H,28,29). The van der Waals surface area contributed by atoms with E-state index in [1.54, 1.807) is 0 Å². The molecular formula is C15H25N5O9. The maximum atomic E-state index is 12.4. The van der Waals surface area contributed by atoms with E-state index in [-0.39, 0.29) is 12.8 Å². The van der Waals surface area contributed by atoms with Gasteiger partial charge in [0.25, 0.3) is 0 Å². The molecule has 0 aromatic carbocycles. The summed E-state index contributed by atoms with van der Waals surface area (Å²) in [5, 5.41) is 32.7. The molecule has 10 N–H and O–H groups in total. The summed E-state index contributed by atoms with van der Waals surface area (Å²) in [7, 11) is 0. The van der Waals surface area contributed by atoms with Gasteiger partial charge in [-0.3, -0.25) is 24.0 Å². The van der Waals surface area contributed by atoms with Gasteiger partial charge in [0.2, 0.25) is 23.6 Å². The van der Waals surface area contributed by atoms with E-state index in [0.29, 0.717) is 0 Å². The summed E-state index contributed by atoms with van der Waals surface area (Å²) < 4.78 is 0. The molecule has 14 heteroatoms.